The Bertz CT molecular complexity index is 267. The van der Waals surface area contributed by atoms with Crippen molar-refractivity contribution in [2.24, 2.45) is 0 Å². The summed E-state index contributed by atoms with van der Waals surface area (Å²) in [6, 6.07) is 1.73. The maximum atomic E-state index is 5.43. The molecule has 0 unspecified atom stereocenters. The third-order valence-corrected chi connectivity index (χ3v) is 1.37. The van der Waals surface area contributed by atoms with Crippen molar-refractivity contribution in [3.8, 4) is 0 Å². The van der Waals surface area contributed by atoms with Crippen LogP contribution in [-0.4, -0.2) is 22.4 Å². The fourth-order valence-electron chi connectivity index (χ4n) is 0.799. The Morgan fingerprint density at radius 1 is 1.60 bits per heavy atom. The molecule has 83 valence electrons. The van der Waals surface area contributed by atoms with E-state index in [9.17, 15) is 0 Å². The standard InChI is InChI=1S/C8H15N4O2.Y/c1-7(2)13-14-10-4-6-12-5-3-8(9)11-12;/h3,5,7H,4,6H2,1-2H3,(H2,9,11);/q-1;. The number of rotatable bonds is 6. The molecule has 0 saturated heterocycles. The quantitative estimate of drug-likeness (QED) is 0.483. The predicted octanol–water partition coefficient (Wildman–Crippen LogP) is 1.11. The number of nitrogens with zero attached hydrogens (tertiary/aromatic N) is 3. The second-order valence-electron chi connectivity index (χ2n) is 3.08. The van der Waals surface area contributed by atoms with Gasteiger partial charge in [0, 0.05) is 45.5 Å². The van der Waals surface area contributed by atoms with Gasteiger partial charge in [0.2, 0.25) is 0 Å². The van der Waals surface area contributed by atoms with Gasteiger partial charge in [-0.3, -0.25) is 9.57 Å². The van der Waals surface area contributed by atoms with E-state index in [2.05, 4.69) is 15.6 Å². The Hall–Kier alpha value is -0.00610. The van der Waals surface area contributed by atoms with Crippen molar-refractivity contribution in [2.45, 2.75) is 26.5 Å². The fraction of sp³-hybridized carbons (Fsp3) is 0.625. The van der Waals surface area contributed by atoms with Gasteiger partial charge in [-0.05, 0) is 19.9 Å². The Morgan fingerprint density at radius 2 is 2.33 bits per heavy atom. The van der Waals surface area contributed by atoms with Gasteiger partial charge >= 0.3 is 0 Å². The summed E-state index contributed by atoms with van der Waals surface area (Å²) in [5.41, 5.74) is 9.12. The summed E-state index contributed by atoms with van der Waals surface area (Å²) in [6.45, 7) is 4.83. The summed E-state index contributed by atoms with van der Waals surface area (Å²) in [5.74, 6) is 0.504. The number of hydrogen-bond acceptors (Lipinski definition) is 4. The van der Waals surface area contributed by atoms with E-state index in [-0.39, 0.29) is 38.8 Å². The fourth-order valence-corrected chi connectivity index (χ4v) is 0.799. The number of anilines is 1. The molecule has 0 aromatic carbocycles. The largest absolute Gasteiger partial charge is 0.498 e. The van der Waals surface area contributed by atoms with Gasteiger partial charge in [0.25, 0.3) is 0 Å². The topological polar surface area (TPSA) is 76.4 Å². The molecule has 0 aliphatic heterocycles. The van der Waals surface area contributed by atoms with E-state index in [1.807, 2.05) is 13.8 Å². The average Bonchev–Trinajstić information content (AvgIpc) is 2.50. The summed E-state index contributed by atoms with van der Waals surface area (Å²) in [4.78, 5) is 9.34. The summed E-state index contributed by atoms with van der Waals surface area (Å²) in [5, 5.41) is 3.98. The second-order valence-corrected chi connectivity index (χ2v) is 3.08. The zero-order valence-corrected chi connectivity index (χ0v) is 11.8. The van der Waals surface area contributed by atoms with E-state index in [1.165, 1.54) is 0 Å². The van der Waals surface area contributed by atoms with E-state index in [1.54, 1.807) is 16.9 Å². The van der Waals surface area contributed by atoms with Crippen molar-refractivity contribution in [1.82, 2.24) is 9.78 Å². The van der Waals surface area contributed by atoms with Crippen LogP contribution in [0.2, 0.25) is 0 Å². The van der Waals surface area contributed by atoms with Crippen molar-refractivity contribution < 1.29 is 42.6 Å². The molecule has 6 nitrogen and oxygen atoms in total. The minimum absolute atomic E-state index is 0. The molecule has 1 rings (SSSR count). The minimum atomic E-state index is 0. The molecule has 1 heterocycles. The van der Waals surface area contributed by atoms with E-state index < -0.39 is 0 Å². The van der Waals surface area contributed by atoms with Crippen LogP contribution in [0, 0.1) is 0 Å². The zero-order chi connectivity index (χ0) is 10.4. The predicted molar refractivity (Wildman–Crippen MR) is 52.2 cm³/mol. The van der Waals surface area contributed by atoms with Crippen LogP contribution in [0.4, 0.5) is 5.82 Å². The first-order valence-corrected chi connectivity index (χ1v) is 4.46. The molecular weight excluding hydrogens is 273 g/mol. The number of nitrogen functional groups attached to an aromatic ring is 1. The van der Waals surface area contributed by atoms with Gasteiger partial charge in [-0.2, -0.15) is 5.10 Å². The van der Waals surface area contributed by atoms with Crippen LogP contribution < -0.4 is 5.73 Å². The molecule has 0 amide bonds. The van der Waals surface area contributed by atoms with Gasteiger partial charge in [0.15, 0.2) is 0 Å². The first-order chi connectivity index (χ1) is 6.68. The van der Waals surface area contributed by atoms with Crippen molar-refractivity contribution in [3.05, 3.63) is 17.7 Å². The van der Waals surface area contributed by atoms with E-state index in [0.29, 0.717) is 18.9 Å². The summed E-state index contributed by atoms with van der Waals surface area (Å²) in [7, 11) is 0. The van der Waals surface area contributed by atoms with Gasteiger partial charge in [0.1, 0.15) is 5.82 Å². The van der Waals surface area contributed by atoms with Crippen molar-refractivity contribution in [1.29, 1.82) is 0 Å². The molecule has 1 radical (unpaired) electrons. The smallest absolute Gasteiger partial charge is 0.145 e. The van der Waals surface area contributed by atoms with Crippen LogP contribution in [0.5, 0.6) is 0 Å². The van der Waals surface area contributed by atoms with Gasteiger partial charge < -0.3 is 16.2 Å². The Kier molecular flexibility index (Phi) is 8.18. The molecule has 0 saturated carbocycles. The first kappa shape index (κ1) is 15.0. The van der Waals surface area contributed by atoms with Crippen LogP contribution in [-0.2, 0) is 49.1 Å². The van der Waals surface area contributed by atoms with Crippen molar-refractivity contribution in [3.63, 3.8) is 0 Å². The number of nitrogens with two attached hydrogens (primary N) is 1. The molecule has 15 heavy (non-hydrogen) atoms. The van der Waals surface area contributed by atoms with Crippen LogP contribution in [0.25, 0.3) is 5.48 Å². The zero-order valence-electron chi connectivity index (χ0n) is 8.96. The molecule has 1 aromatic heterocycles. The SMILES string of the molecule is CC(C)OO[N-]CCn1ccc(N)n1.[Y]. The van der Waals surface area contributed by atoms with Crippen LogP contribution in [0.1, 0.15) is 13.8 Å². The maximum absolute atomic E-state index is 5.43. The van der Waals surface area contributed by atoms with Crippen molar-refractivity contribution in [2.75, 3.05) is 12.3 Å². The van der Waals surface area contributed by atoms with Crippen LogP contribution >= 0.6 is 0 Å². The summed E-state index contributed by atoms with van der Waals surface area (Å²) < 4.78 is 1.69. The van der Waals surface area contributed by atoms with E-state index in [4.69, 9.17) is 10.6 Å². The number of hydroxylamine groups is 1. The summed E-state index contributed by atoms with van der Waals surface area (Å²) >= 11 is 0. The number of aromatic nitrogens is 2. The molecular formula is C8H15N4O2Y-. The van der Waals surface area contributed by atoms with Gasteiger partial charge in [-0.1, -0.05) is 0 Å². The average molecular weight is 288 g/mol. The Morgan fingerprint density at radius 3 is 2.87 bits per heavy atom. The van der Waals surface area contributed by atoms with Gasteiger partial charge in [0.05, 0.1) is 6.10 Å². The Labute approximate surface area is 114 Å². The van der Waals surface area contributed by atoms with Gasteiger partial charge in [-0.25, -0.2) is 0 Å². The normalized spacial score (nSPS) is 10.3. The molecule has 2 N–H and O–H groups in total. The molecule has 0 fully saturated rings. The first-order valence-electron chi connectivity index (χ1n) is 4.46. The molecule has 0 aliphatic rings. The van der Waals surface area contributed by atoms with Crippen LogP contribution in [0.15, 0.2) is 12.3 Å². The molecule has 1 aromatic rings. The second kappa shape index (κ2) is 8.18. The third-order valence-electron chi connectivity index (χ3n) is 1.37. The molecule has 0 atom stereocenters. The van der Waals surface area contributed by atoms with Crippen LogP contribution in [0.3, 0.4) is 0 Å². The Balaban J connectivity index is 0.00000196. The molecule has 0 aliphatic carbocycles. The number of hydrogen-bond donors (Lipinski definition) is 1. The van der Waals surface area contributed by atoms with E-state index >= 15 is 0 Å². The monoisotopic (exact) mass is 288 g/mol. The molecule has 0 spiro atoms. The molecule has 7 heteroatoms. The van der Waals surface area contributed by atoms with E-state index in [0.717, 1.165) is 0 Å². The summed E-state index contributed by atoms with van der Waals surface area (Å²) in [6.07, 6.45) is 1.80. The van der Waals surface area contributed by atoms with Crippen molar-refractivity contribution >= 4 is 5.82 Å². The maximum Gasteiger partial charge on any atom is 0.145 e. The third kappa shape index (κ3) is 6.97. The minimum Gasteiger partial charge on any atom is -0.498 e. The van der Waals surface area contributed by atoms with Gasteiger partial charge in [-0.15, -0.1) is 6.54 Å². The molecule has 0 bridgehead atoms.